The number of carbonyl (C=O) groups is 1. The lowest BCUT2D eigenvalue weighted by atomic mass is 9.97. The van der Waals surface area contributed by atoms with Crippen LogP contribution >= 0.6 is 0 Å². The van der Waals surface area contributed by atoms with E-state index in [0.29, 0.717) is 41.9 Å². The number of benzene rings is 2. The van der Waals surface area contributed by atoms with Crippen molar-refractivity contribution in [2.45, 2.75) is 25.7 Å². The molecule has 1 fully saturated rings. The van der Waals surface area contributed by atoms with Gasteiger partial charge >= 0.3 is 0 Å². The van der Waals surface area contributed by atoms with Gasteiger partial charge in [0, 0.05) is 30.3 Å². The third kappa shape index (κ3) is 4.15. The molecule has 7 heteroatoms. The van der Waals surface area contributed by atoms with E-state index in [4.69, 9.17) is 14.0 Å². The first-order valence-electron chi connectivity index (χ1n) is 10.0. The number of hydrogen-bond acceptors (Lipinski definition) is 6. The fraction of sp³-hybridized carbons (Fsp3) is 0.348. The van der Waals surface area contributed by atoms with Gasteiger partial charge < -0.3 is 18.9 Å². The number of aryl methyl sites for hydroxylation is 1. The van der Waals surface area contributed by atoms with Crippen molar-refractivity contribution in [2.75, 3.05) is 27.3 Å². The summed E-state index contributed by atoms with van der Waals surface area (Å²) in [5.74, 6) is 2.29. The predicted octanol–water partition coefficient (Wildman–Crippen LogP) is 4.08. The highest BCUT2D eigenvalue weighted by atomic mass is 16.5. The lowest BCUT2D eigenvalue weighted by molar-refractivity contribution is 0.0695. The van der Waals surface area contributed by atoms with Crippen LogP contribution in [0, 0.1) is 6.92 Å². The van der Waals surface area contributed by atoms with Crippen molar-refractivity contribution in [3.63, 3.8) is 0 Å². The van der Waals surface area contributed by atoms with Crippen LogP contribution in [0.2, 0.25) is 0 Å². The Labute approximate surface area is 175 Å². The Balaban J connectivity index is 1.52. The molecule has 0 spiro atoms. The second kappa shape index (κ2) is 8.57. The fourth-order valence-corrected chi connectivity index (χ4v) is 3.78. The molecule has 2 heterocycles. The first-order chi connectivity index (χ1) is 14.6. The van der Waals surface area contributed by atoms with Crippen molar-refractivity contribution in [1.29, 1.82) is 0 Å². The summed E-state index contributed by atoms with van der Waals surface area (Å²) in [6.07, 6.45) is 1.78. The van der Waals surface area contributed by atoms with Gasteiger partial charge in [0.15, 0.2) is 0 Å². The summed E-state index contributed by atoms with van der Waals surface area (Å²) in [6.45, 7) is 3.25. The van der Waals surface area contributed by atoms with Gasteiger partial charge in [0.1, 0.15) is 11.5 Å². The van der Waals surface area contributed by atoms with Crippen LogP contribution in [0.5, 0.6) is 11.5 Å². The molecule has 1 atom stereocenters. The van der Waals surface area contributed by atoms with Crippen LogP contribution < -0.4 is 9.47 Å². The number of rotatable bonds is 5. The summed E-state index contributed by atoms with van der Waals surface area (Å²) < 4.78 is 16.2. The summed E-state index contributed by atoms with van der Waals surface area (Å²) in [7, 11) is 3.14. The van der Waals surface area contributed by atoms with Crippen molar-refractivity contribution >= 4 is 5.91 Å². The number of likely N-dealkylation sites (tertiary alicyclic amines) is 1. The number of piperidine rings is 1. The van der Waals surface area contributed by atoms with Crippen molar-refractivity contribution < 1.29 is 18.8 Å². The van der Waals surface area contributed by atoms with Crippen LogP contribution in [-0.2, 0) is 0 Å². The standard InChI is InChI=1S/C23H25N3O4/c1-15-6-4-7-16(10-15)21-24-22(30-25-21)17-8-5-9-26(14-17)23(27)18-11-19(28-2)13-20(12-18)29-3/h4,6-7,10-13,17H,5,8-9,14H2,1-3H3. The second-order valence-electron chi connectivity index (χ2n) is 7.52. The van der Waals surface area contributed by atoms with E-state index in [-0.39, 0.29) is 11.8 Å². The van der Waals surface area contributed by atoms with E-state index in [9.17, 15) is 4.79 Å². The van der Waals surface area contributed by atoms with E-state index in [1.165, 1.54) is 0 Å². The predicted molar refractivity (Wildman–Crippen MR) is 112 cm³/mol. The maximum Gasteiger partial charge on any atom is 0.254 e. The van der Waals surface area contributed by atoms with Crippen LogP contribution in [0.15, 0.2) is 47.0 Å². The summed E-state index contributed by atoms with van der Waals surface area (Å²) in [4.78, 5) is 19.6. The molecule has 0 saturated carbocycles. The van der Waals surface area contributed by atoms with Crippen molar-refractivity contribution in [1.82, 2.24) is 15.0 Å². The average molecular weight is 407 g/mol. The topological polar surface area (TPSA) is 77.7 Å². The molecule has 1 aliphatic rings. The van der Waals surface area contributed by atoms with Crippen LogP contribution in [0.25, 0.3) is 11.4 Å². The molecular formula is C23H25N3O4. The van der Waals surface area contributed by atoms with Gasteiger partial charge in [-0.25, -0.2) is 0 Å². The molecule has 30 heavy (non-hydrogen) atoms. The van der Waals surface area contributed by atoms with Crippen LogP contribution in [0.3, 0.4) is 0 Å². The zero-order valence-corrected chi connectivity index (χ0v) is 17.4. The molecule has 1 saturated heterocycles. The number of nitrogens with zero attached hydrogens (tertiary/aromatic N) is 3. The molecule has 1 amide bonds. The Morgan fingerprint density at radius 1 is 1.13 bits per heavy atom. The summed E-state index contributed by atoms with van der Waals surface area (Å²) >= 11 is 0. The Morgan fingerprint density at radius 2 is 1.90 bits per heavy atom. The van der Waals surface area contributed by atoms with Crippen LogP contribution in [0.4, 0.5) is 0 Å². The minimum Gasteiger partial charge on any atom is -0.497 e. The normalized spacial score (nSPS) is 16.4. The molecule has 3 aromatic rings. The quantitative estimate of drug-likeness (QED) is 0.634. The lowest BCUT2D eigenvalue weighted by Crippen LogP contribution is -2.39. The number of methoxy groups -OCH3 is 2. The highest BCUT2D eigenvalue weighted by Crippen LogP contribution is 2.30. The maximum absolute atomic E-state index is 13.1. The van der Waals surface area contributed by atoms with Gasteiger partial charge in [-0.3, -0.25) is 4.79 Å². The SMILES string of the molecule is COc1cc(OC)cc(C(=O)N2CCCC(c3nc(-c4cccc(C)c4)no3)C2)c1. The Hall–Kier alpha value is -3.35. The Kier molecular flexibility index (Phi) is 5.70. The van der Waals surface area contributed by atoms with E-state index in [0.717, 1.165) is 24.0 Å². The van der Waals surface area contributed by atoms with Crippen molar-refractivity contribution in [2.24, 2.45) is 0 Å². The molecule has 0 aliphatic carbocycles. The smallest absolute Gasteiger partial charge is 0.254 e. The van der Waals surface area contributed by atoms with E-state index >= 15 is 0 Å². The zero-order valence-electron chi connectivity index (χ0n) is 17.4. The Morgan fingerprint density at radius 3 is 2.60 bits per heavy atom. The van der Waals surface area contributed by atoms with Crippen molar-refractivity contribution in [3.05, 3.63) is 59.5 Å². The lowest BCUT2D eigenvalue weighted by Gasteiger charge is -2.31. The molecule has 0 radical (unpaired) electrons. The number of carbonyl (C=O) groups excluding carboxylic acids is 1. The van der Waals surface area contributed by atoms with E-state index in [2.05, 4.69) is 10.1 Å². The minimum absolute atomic E-state index is 0.0151. The maximum atomic E-state index is 13.1. The van der Waals surface area contributed by atoms with Gasteiger partial charge in [0.2, 0.25) is 11.7 Å². The molecule has 1 aromatic heterocycles. The van der Waals surface area contributed by atoms with Gasteiger partial charge in [0.05, 0.1) is 20.1 Å². The number of hydrogen-bond donors (Lipinski definition) is 0. The third-order valence-corrected chi connectivity index (χ3v) is 5.37. The molecule has 2 aromatic carbocycles. The Bertz CT molecular complexity index is 1020. The van der Waals surface area contributed by atoms with E-state index in [1.54, 1.807) is 32.4 Å². The monoisotopic (exact) mass is 407 g/mol. The molecule has 7 nitrogen and oxygen atoms in total. The van der Waals surface area contributed by atoms with Gasteiger partial charge in [-0.1, -0.05) is 28.9 Å². The molecule has 156 valence electrons. The molecule has 1 aliphatic heterocycles. The second-order valence-corrected chi connectivity index (χ2v) is 7.52. The summed E-state index contributed by atoms with van der Waals surface area (Å²) in [5.41, 5.74) is 2.61. The molecule has 0 N–H and O–H groups in total. The van der Waals surface area contributed by atoms with Gasteiger partial charge in [-0.15, -0.1) is 0 Å². The number of amides is 1. The fourth-order valence-electron chi connectivity index (χ4n) is 3.78. The summed E-state index contributed by atoms with van der Waals surface area (Å²) in [6, 6.07) is 13.2. The minimum atomic E-state index is -0.0599. The largest absolute Gasteiger partial charge is 0.497 e. The van der Waals surface area contributed by atoms with Gasteiger partial charge in [0.25, 0.3) is 5.91 Å². The number of ether oxygens (including phenoxy) is 2. The van der Waals surface area contributed by atoms with Crippen molar-refractivity contribution in [3.8, 4) is 22.9 Å². The van der Waals surface area contributed by atoms with E-state index < -0.39 is 0 Å². The average Bonchev–Trinajstić information content (AvgIpc) is 3.29. The third-order valence-electron chi connectivity index (χ3n) is 5.37. The van der Waals surface area contributed by atoms with Crippen LogP contribution in [0.1, 0.15) is 40.6 Å². The molecule has 4 rings (SSSR count). The number of aromatic nitrogens is 2. The first kappa shape index (κ1) is 19.9. The first-order valence-corrected chi connectivity index (χ1v) is 10.0. The van der Waals surface area contributed by atoms with Gasteiger partial charge in [-0.05, 0) is 38.0 Å². The van der Waals surface area contributed by atoms with Crippen LogP contribution in [-0.4, -0.2) is 48.3 Å². The van der Waals surface area contributed by atoms with Gasteiger partial charge in [-0.2, -0.15) is 4.98 Å². The summed E-state index contributed by atoms with van der Waals surface area (Å²) in [5, 5.41) is 4.15. The zero-order chi connectivity index (χ0) is 21.1. The highest BCUT2D eigenvalue weighted by molar-refractivity contribution is 5.95. The highest BCUT2D eigenvalue weighted by Gasteiger charge is 2.29. The molecule has 0 bridgehead atoms. The van der Waals surface area contributed by atoms with E-state index in [1.807, 2.05) is 36.1 Å². The molecule has 1 unspecified atom stereocenters. The molecular weight excluding hydrogens is 382 g/mol.